The van der Waals surface area contributed by atoms with Crippen LogP contribution in [0.5, 0.6) is 0 Å². The first-order valence-corrected chi connectivity index (χ1v) is 6.79. The smallest absolute Gasteiger partial charge is 0.0761 e. The van der Waals surface area contributed by atoms with Crippen LogP contribution in [0.25, 0.3) is 0 Å². The van der Waals surface area contributed by atoms with Crippen molar-refractivity contribution in [2.24, 2.45) is 11.7 Å². The Balaban J connectivity index is 2.16. The molecule has 0 radical (unpaired) electrons. The van der Waals surface area contributed by atoms with Gasteiger partial charge in [0.1, 0.15) is 0 Å². The molecular weight excluding hydrogens is 248 g/mol. The average molecular weight is 269 g/mol. The first-order chi connectivity index (χ1) is 8.50. The van der Waals surface area contributed by atoms with Crippen molar-refractivity contribution in [3.8, 4) is 0 Å². The summed E-state index contributed by atoms with van der Waals surface area (Å²) in [6.07, 6.45) is 2.85. The lowest BCUT2D eigenvalue weighted by molar-refractivity contribution is 0.0414. The van der Waals surface area contributed by atoms with Gasteiger partial charge in [0.05, 0.1) is 12.1 Å². The molecule has 0 bridgehead atoms. The van der Waals surface area contributed by atoms with Crippen LogP contribution >= 0.6 is 11.6 Å². The Morgan fingerprint density at radius 2 is 2.06 bits per heavy atom. The lowest BCUT2D eigenvalue weighted by Gasteiger charge is -2.34. The maximum atomic E-state index is 10.2. The second-order valence-corrected chi connectivity index (χ2v) is 5.71. The normalized spacial score (nSPS) is 19.2. The molecule has 18 heavy (non-hydrogen) atoms. The third kappa shape index (κ3) is 2.63. The van der Waals surface area contributed by atoms with Crippen LogP contribution < -0.4 is 10.6 Å². The molecule has 1 aromatic carbocycles. The van der Waals surface area contributed by atoms with Gasteiger partial charge in [-0.1, -0.05) is 24.1 Å². The van der Waals surface area contributed by atoms with Crippen molar-refractivity contribution in [2.75, 3.05) is 19.0 Å². The number of nitrogens with two attached hydrogens (primary N) is 1. The topological polar surface area (TPSA) is 49.5 Å². The van der Waals surface area contributed by atoms with Crippen molar-refractivity contribution in [3.63, 3.8) is 0 Å². The molecule has 0 aliphatic heterocycles. The Bertz CT molecular complexity index is 418. The van der Waals surface area contributed by atoms with Crippen LogP contribution in [0.2, 0.25) is 5.02 Å². The summed E-state index contributed by atoms with van der Waals surface area (Å²) in [5, 5.41) is 10.8. The molecule has 0 unspecified atom stereocenters. The molecule has 1 fully saturated rings. The van der Waals surface area contributed by atoms with Gasteiger partial charge in [-0.05, 0) is 36.5 Å². The Morgan fingerprint density at radius 3 is 2.50 bits per heavy atom. The van der Waals surface area contributed by atoms with E-state index in [1.54, 1.807) is 0 Å². The highest BCUT2D eigenvalue weighted by atomic mass is 35.5. The number of halogens is 1. The zero-order valence-corrected chi connectivity index (χ0v) is 11.7. The molecule has 2 atom stereocenters. The predicted molar refractivity (Wildman–Crippen MR) is 76.1 cm³/mol. The number of anilines is 1. The SMILES string of the molecule is CN(C)c1ccc([C@H](N)[C@H](O)C2CCC2)c(Cl)c1. The fraction of sp³-hybridized carbons (Fsp3) is 0.571. The summed E-state index contributed by atoms with van der Waals surface area (Å²) in [5.41, 5.74) is 8.00. The van der Waals surface area contributed by atoms with Crippen molar-refractivity contribution in [1.82, 2.24) is 0 Å². The highest BCUT2D eigenvalue weighted by Crippen LogP contribution is 2.36. The van der Waals surface area contributed by atoms with Gasteiger partial charge in [0.15, 0.2) is 0 Å². The summed E-state index contributed by atoms with van der Waals surface area (Å²) in [6.45, 7) is 0. The second kappa shape index (κ2) is 5.47. The van der Waals surface area contributed by atoms with E-state index < -0.39 is 6.10 Å². The number of nitrogens with zero attached hydrogens (tertiary/aromatic N) is 1. The van der Waals surface area contributed by atoms with Crippen molar-refractivity contribution in [2.45, 2.75) is 31.4 Å². The van der Waals surface area contributed by atoms with E-state index in [4.69, 9.17) is 17.3 Å². The highest BCUT2D eigenvalue weighted by molar-refractivity contribution is 6.31. The fourth-order valence-electron chi connectivity index (χ4n) is 2.32. The fourth-order valence-corrected chi connectivity index (χ4v) is 2.62. The maximum absolute atomic E-state index is 10.2. The Kier molecular flexibility index (Phi) is 4.15. The molecule has 1 aliphatic carbocycles. The van der Waals surface area contributed by atoms with Crippen LogP contribution in [-0.2, 0) is 0 Å². The van der Waals surface area contributed by atoms with Gasteiger partial charge in [-0.25, -0.2) is 0 Å². The molecule has 3 nitrogen and oxygen atoms in total. The van der Waals surface area contributed by atoms with E-state index in [0.29, 0.717) is 10.9 Å². The first kappa shape index (κ1) is 13.7. The van der Waals surface area contributed by atoms with Gasteiger partial charge in [0.25, 0.3) is 0 Å². The van der Waals surface area contributed by atoms with Gasteiger partial charge in [0.2, 0.25) is 0 Å². The van der Waals surface area contributed by atoms with Crippen LogP contribution in [-0.4, -0.2) is 25.3 Å². The van der Waals surface area contributed by atoms with Gasteiger partial charge < -0.3 is 15.7 Å². The molecule has 3 N–H and O–H groups in total. The molecule has 0 aromatic heterocycles. The quantitative estimate of drug-likeness (QED) is 0.882. The minimum atomic E-state index is -0.485. The summed E-state index contributed by atoms with van der Waals surface area (Å²) < 4.78 is 0. The first-order valence-electron chi connectivity index (χ1n) is 6.41. The van der Waals surface area contributed by atoms with Gasteiger partial charge in [-0.15, -0.1) is 0 Å². The van der Waals surface area contributed by atoms with Crippen molar-refractivity contribution in [3.05, 3.63) is 28.8 Å². The lowest BCUT2D eigenvalue weighted by Crippen LogP contribution is -2.36. The molecule has 4 heteroatoms. The third-order valence-electron chi connectivity index (χ3n) is 3.86. The zero-order valence-electron chi connectivity index (χ0n) is 10.9. The number of hydrogen-bond acceptors (Lipinski definition) is 3. The predicted octanol–water partition coefficient (Wildman–Crippen LogP) is 2.57. The molecule has 2 rings (SSSR count). The van der Waals surface area contributed by atoms with Crippen LogP contribution in [0.15, 0.2) is 18.2 Å². The van der Waals surface area contributed by atoms with E-state index in [-0.39, 0.29) is 6.04 Å². The maximum Gasteiger partial charge on any atom is 0.0761 e. The van der Waals surface area contributed by atoms with Gasteiger partial charge >= 0.3 is 0 Å². The van der Waals surface area contributed by atoms with Gasteiger partial charge in [-0.2, -0.15) is 0 Å². The zero-order chi connectivity index (χ0) is 13.3. The van der Waals surface area contributed by atoms with Gasteiger partial charge in [0, 0.05) is 24.8 Å². The Labute approximate surface area is 114 Å². The van der Waals surface area contributed by atoms with E-state index in [1.807, 2.05) is 37.2 Å². The molecule has 0 spiro atoms. The minimum Gasteiger partial charge on any atom is -0.391 e. The largest absolute Gasteiger partial charge is 0.391 e. The standard InChI is InChI=1S/C14H21ClN2O/c1-17(2)10-6-7-11(12(15)8-10)13(16)14(18)9-4-3-5-9/h6-9,13-14,18H,3-5,16H2,1-2H3/t13-,14+/m0/s1. The molecule has 0 saturated heterocycles. The van der Waals surface area contributed by atoms with Crippen LogP contribution in [0.4, 0.5) is 5.69 Å². The minimum absolute atomic E-state index is 0.338. The molecule has 0 heterocycles. The molecule has 1 aromatic rings. The van der Waals surface area contributed by atoms with Crippen molar-refractivity contribution >= 4 is 17.3 Å². The Morgan fingerprint density at radius 1 is 1.39 bits per heavy atom. The number of aliphatic hydroxyl groups excluding tert-OH is 1. The lowest BCUT2D eigenvalue weighted by atomic mass is 9.77. The van der Waals surface area contributed by atoms with E-state index in [2.05, 4.69) is 0 Å². The molecule has 100 valence electrons. The molecule has 0 amide bonds. The molecular formula is C14H21ClN2O. The summed E-state index contributed by atoms with van der Waals surface area (Å²) in [6, 6.07) is 5.40. The third-order valence-corrected chi connectivity index (χ3v) is 4.19. The number of benzene rings is 1. The molecule has 1 aliphatic rings. The van der Waals surface area contributed by atoms with Crippen molar-refractivity contribution in [1.29, 1.82) is 0 Å². The van der Waals surface area contributed by atoms with E-state index >= 15 is 0 Å². The average Bonchev–Trinajstić information content (AvgIpc) is 2.25. The van der Waals surface area contributed by atoms with E-state index in [9.17, 15) is 5.11 Å². The van der Waals surface area contributed by atoms with Crippen LogP contribution in [0.3, 0.4) is 0 Å². The van der Waals surface area contributed by atoms with Gasteiger partial charge in [-0.3, -0.25) is 0 Å². The Hall–Kier alpha value is -0.770. The monoisotopic (exact) mass is 268 g/mol. The van der Waals surface area contributed by atoms with Crippen molar-refractivity contribution < 1.29 is 5.11 Å². The summed E-state index contributed by atoms with van der Waals surface area (Å²) in [4.78, 5) is 1.99. The van der Waals surface area contributed by atoms with E-state index in [0.717, 1.165) is 24.1 Å². The summed E-state index contributed by atoms with van der Waals surface area (Å²) >= 11 is 6.26. The van der Waals surface area contributed by atoms with E-state index in [1.165, 1.54) is 6.42 Å². The summed E-state index contributed by atoms with van der Waals surface area (Å²) in [5.74, 6) is 0.338. The second-order valence-electron chi connectivity index (χ2n) is 5.31. The number of hydrogen-bond donors (Lipinski definition) is 2. The van der Waals surface area contributed by atoms with Crippen LogP contribution in [0.1, 0.15) is 30.9 Å². The van der Waals surface area contributed by atoms with Crippen LogP contribution in [0, 0.1) is 5.92 Å². The molecule has 1 saturated carbocycles. The number of aliphatic hydroxyl groups is 1. The highest BCUT2D eigenvalue weighted by Gasteiger charge is 2.31. The summed E-state index contributed by atoms with van der Waals surface area (Å²) in [7, 11) is 3.93. The number of rotatable bonds is 4.